The number of carbonyl (C=O) groups is 1. The molecule has 174 valence electrons. The Bertz CT molecular complexity index is 1400. The fraction of sp³-hybridized carbons (Fsp3) is 0.500. The number of hydrogen-bond donors (Lipinski definition) is 0. The molecular weight excluding hydrogens is 422 g/mol. The van der Waals surface area contributed by atoms with Crippen molar-refractivity contribution in [2.45, 2.75) is 51.7 Å². The first-order chi connectivity index (χ1) is 15.7. The largest absolute Gasteiger partial charge is 0.471 e. The summed E-state index contributed by atoms with van der Waals surface area (Å²) in [6, 6.07) is 5.72. The van der Waals surface area contributed by atoms with Crippen molar-refractivity contribution in [1.29, 1.82) is 0 Å². The lowest BCUT2D eigenvalue weighted by molar-refractivity contribution is 0.0636. The first kappa shape index (κ1) is 21.5. The lowest BCUT2D eigenvalue weighted by atomic mass is 9.90. The first-order valence-electron chi connectivity index (χ1n) is 11.5. The number of hydrogen-bond acceptors (Lipinski definition) is 5. The molecule has 2 aliphatic heterocycles. The van der Waals surface area contributed by atoms with Crippen molar-refractivity contribution in [3.63, 3.8) is 0 Å². The van der Waals surface area contributed by atoms with Crippen LogP contribution in [0, 0.1) is 6.92 Å². The molecule has 9 heteroatoms. The van der Waals surface area contributed by atoms with Crippen LogP contribution in [-0.2, 0) is 27.1 Å². The minimum absolute atomic E-state index is 0.0172. The van der Waals surface area contributed by atoms with Gasteiger partial charge in [0.05, 0.1) is 16.6 Å². The molecule has 3 aromatic rings. The van der Waals surface area contributed by atoms with Crippen LogP contribution in [0.5, 0.6) is 5.88 Å². The van der Waals surface area contributed by atoms with E-state index in [0.29, 0.717) is 42.9 Å². The molecule has 2 aliphatic rings. The Labute approximate surface area is 191 Å². The zero-order valence-electron chi connectivity index (χ0n) is 19.6. The van der Waals surface area contributed by atoms with Gasteiger partial charge in [0, 0.05) is 52.1 Å². The van der Waals surface area contributed by atoms with Gasteiger partial charge in [0.2, 0.25) is 5.88 Å². The topological polar surface area (TPSA) is 91.4 Å². The van der Waals surface area contributed by atoms with Gasteiger partial charge < -0.3 is 14.2 Å². The summed E-state index contributed by atoms with van der Waals surface area (Å²) in [5.41, 5.74) is 1.80. The molecule has 9 nitrogen and oxygen atoms in total. The number of likely N-dealkylation sites (tertiary alicyclic amines) is 1. The zero-order chi connectivity index (χ0) is 23.5. The van der Waals surface area contributed by atoms with Crippen molar-refractivity contribution in [1.82, 2.24) is 23.6 Å². The van der Waals surface area contributed by atoms with Crippen molar-refractivity contribution < 1.29 is 9.53 Å². The smallest absolute Gasteiger partial charge is 0.333 e. The maximum Gasteiger partial charge on any atom is 0.333 e. The number of nitrogens with zero attached hydrogens (tertiary/aromatic N) is 5. The summed E-state index contributed by atoms with van der Waals surface area (Å²) in [6.07, 6.45) is 2.56. The van der Waals surface area contributed by atoms with Crippen molar-refractivity contribution in [2.75, 3.05) is 13.1 Å². The monoisotopic (exact) mass is 451 g/mol. The third kappa shape index (κ3) is 3.29. The molecule has 1 saturated heterocycles. The van der Waals surface area contributed by atoms with E-state index in [9.17, 15) is 14.4 Å². The lowest BCUT2D eigenvalue weighted by Crippen LogP contribution is -2.38. The van der Waals surface area contributed by atoms with E-state index in [4.69, 9.17) is 4.74 Å². The number of amides is 1. The average molecular weight is 452 g/mol. The summed E-state index contributed by atoms with van der Waals surface area (Å²) in [4.78, 5) is 44.8. The van der Waals surface area contributed by atoms with Gasteiger partial charge >= 0.3 is 5.69 Å². The van der Waals surface area contributed by atoms with Gasteiger partial charge in [-0.2, -0.15) is 0 Å². The van der Waals surface area contributed by atoms with Crippen LogP contribution < -0.4 is 16.0 Å². The number of imidazole rings is 1. The second-order valence-electron chi connectivity index (χ2n) is 9.20. The molecule has 5 rings (SSSR count). The Morgan fingerprint density at radius 2 is 1.94 bits per heavy atom. The summed E-state index contributed by atoms with van der Waals surface area (Å²) in [5, 5.41) is 0. The Kier molecular flexibility index (Phi) is 4.95. The fourth-order valence-electron chi connectivity index (χ4n) is 5.35. The molecule has 0 saturated carbocycles. The van der Waals surface area contributed by atoms with E-state index in [2.05, 4.69) is 16.5 Å². The molecule has 2 aromatic heterocycles. The minimum Gasteiger partial charge on any atom is -0.471 e. The Hall–Kier alpha value is -3.36. The van der Waals surface area contributed by atoms with Gasteiger partial charge in [0.1, 0.15) is 11.4 Å². The van der Waals surface area contributed by atoms with Crippen LogP contribution in [0.3, 0.4) is 0 Å². The van der Waals surface area contributed by atoms with E-state index in [1.165, 1.54) is 11.6 Å². The van der Waals surface area contributed by atoms with E-state index in [-0.39, 0.29) is 11.5 Å². The molecule has 0 N–H and O–H groups in total. The molecule has 1 amide bonds. The molecule has 0 bridgehead atoms. The number of benzene rings is 1. The quantitative estimate of drug-likeness (QED) is 0.592. The molecule has 33 heavy (non-hydrogen) atoms. The third-order valence-corrected chi connectivity index (χ3v) is 7.20. The maximum atomic E-state index is 13.3. The van der Waals surface area contributed by atoms with Gasteiger partial charge in [-0.15, -0.1) is 0 Å². The van der Waals surface area contributed by atoms with Crippen LogP contribution in [-0.4, -0.2) is 48.2 Å². The van der Waals surface area contributed by atoms with Gasteiger partial charge in [-0.1, -0.05) is 0 Å². The van der Waals surface area contributed by atoms with Gasteiger partial charge in [-0.25, -0.2) is 9.78 Å². The SMILES string of the molecule is CCn1c(C)nc2cc(C(=O)N3CCCC4(CC3)Cc3c(n(C)c(=O)n(C)c3=O)O4)ccc21. The van der Waals surface area contributed by atoms with Gasteiger partial charge in [-0.05, 0) is 44.9 Å². The van der Waals surface area contributed by atoms with Crippen LogP contribution in [0.4, 0.5) is 0 Å². The predicted octanol–water partition coefficient (Wildman–Crippen LogP) is 1.76. The highest BCUT2D eigenvalue weighted by Crippen LogP contribution is 2.39. The number of ether oxygens (including phenoxy) is 1. The van der Waals surface area contributed by atoms with Gasteiger partial charge in [0.25, 0.3) is 11.5 Å². The normalized spacial score (nSPS) is 20.2. The van der Waals surface area contributed by atoms with Crippen molar-refractivity contribution >= 4 is 16.9 Å². The number of aryl methyl sites for hydroxylation is 2. The predicted molar refractivity (Wildman–Crippen MR) is 124 cm³/mol. The number of aromatic nitrogens is 4. The van der Waals surface area contributed by atoms with Gasteiger partial charge in [-0.3, -0.25) is 18.7 Å². The van der Waals surface area contributed by atoms with Crippen molar-refractivity contribution in [2.24, 2.45) is 14.1 Å². The average Bonchev–Trinajstić information content (AvgIpc) is 3.26. The highest BCUT2D eigenvalue weighted by molar-refractivity contribution is 5.97. The van der Waals surface area contributed by atoms with Crippen LogP contribution in [0.25, 0.3) is 11.0 Å². The highest BCUT2D eigenvalue weighted by atomic mass is 16.5. The minimum atomic E-state index is -0.559. The highest BCUT2D eigenvalue weighted by Gasteiger charge is 2.44. The van der Waals surface area contributed by atoms with E-state index in [1.54, 1.807) is 7.05 Å². The van der Waals surface area contributed by atoms with Gasteiger partial charge in [0.15, 0.2) is 0 Å². The summed E-state index contributed by atoms with van der Waals surface area (Å²) < 4.78 is 11.0. The number of carbonyl (C=O) groups excluding carboxylic acids is 1. The second-order valence-corrected chi connectivity index (χ2v) is 9.20. The fourth-order valence-corrected chi connectivity index (χ4v) is 5.35. The number of rotatable bonds is 2. The number of fused-ring (bicyclic) bond motifs is 2. The molecule has 1 spiro atoms. The van der Waals surface area contributed by atoms with E-state index in [0.717, 1.165) is 40.8 Å². The molecule has 4 heterocycles. The Balaban J connectivity index is 1.38. The standard InChI is InChI=1S/C24H29N5O4/c1-5-29-15(2)25-18-13-16(7-8-19(18)29)20(30)28-11-6-9-24(10-12-28)14-17-21(31)26(3)23(32)27(4)22(17)33-24/h7-8,13H,5-6,9-12,14H2,1-4H3. The van der Waals surface area contributed by atoms with E-state index < -0.39 is 11.3 Å². The molecule has 1 atom stereocenters. The summed E-state index contributed by atoms with van der Waals surface area (Å²) in [5.74, 6) is 1.29. The molecular formula is C24H29N5O4. The molecule has 1 fully saturated rings. The van der Waals surface area contributed by atoms with Crippen LogP contribution in [0.15, 0.2) is 27.8 Å². The van der Waals surface area contributed by atoms with Crippen molar-refractivity contribution in [3.05, 3.63) is 56.0 Å². The third-order valence-electron chi connectivity index (χ3n) is 7.20. The second kappa shape index (κ2) is 7.60. The lowest BCUT2D eigenvalue weighted by Gasteiger charge is -2.27. The van der Waals surface area contributed by atoms with Crippen molar-refractivity contribution in [3.8, 4) is 5.88 Å². The first-order valence-corrected chi connectivity index (χ1v) is 11.5. The maximum absolute atomic E-state index is 13.3. The molecule has 1 unspecified atom stereocenters. The Morgan fingerprint density at radius 3 is 2.70 bits per heavy atom. The van der Waals surface area contributed by atoms with Crippen LogP contribution in [0.1, 0.15) is 47.9 Å². The van der Waals surface area contributed by atoms with E-state index >= 15 is 0 Å². The Morgan fingerprint density at radius 1 is 1.15 bits per heavy atom. The molecule has 1 aromatic carbocycles. The van der Waals surface area contributed by atoms with Crippen LogP contribution >= 0.6 is 0 Å². The molecule has 0 radical (unpaired) electrons. The zero-order valence-corrected chi connectivity index (χ0v) is 19.6. The summed E-state index contributed by atoms with van der Waals surface area (Å²) >= 11 is 0. The summed E-state index contributed by atoms with van der Waals surface area (Å²) in [7, 11) is 3.12. The van der Waals surface area contributed by atoms with Crippen LogP contribution in [0.2, 0.25) is 0 Å². The summed E-state index contributed by atoms with van der Waals surface area (Å²) in [6.45, 7) is 6.04. The van der Waals surface area contributed by atoms with E-state index in [1.807, 2.05) is 30.0 Å². The molecule has 0 aliphatic carbocycles.